The fourth-order valence-electron chi connectivity index (χ4n) is 8.42. The summed E-state index contributed by atoms with van der Waals surface area (Å²) in [5, 5.41) is 13.6. The van der Waals surface area contributed by atoms with E-state index in [1.807, 2.05) is 31.2 Å². The van der Waals surface area contributed by atoms with Gasteiger partial charge in [0.1, 0.15) is 18.2 Å². The summed E-state index contributed by atoms with van der Waals surface area (Å²) in [6.45, 7) is 6.40. The largest absolute Gasteiger partial charge is 0.508 e. The van der Waals surface area contributed by atoms with Gasteiger partial charge in [-0.1, -0.05) is 37.3 Å². The first-order valence-electron chi connectivity index (χ1n) is 16.0. The number of carbonyl (C=O) groups is 1. The lowest BCUT2D eigenvalue weighted by atomic mass is 9.95. The number of nitrogens with zero attached hydrogens (tertiary/aromatic N) is 5. The quantitative estimate of drug-likeness (QED) is 0.312. The molecule has 1 aromatic heterocycles. The molecule has 8 heteroatoms. The van der Waals surface area contributed by atoms with Crippen LogP contribution in [0.3, 0.4) is 0 Å². The summed E-state index contributed by atoms with van der Waals surface area (Å²) >= 11 is 0. The monoisotopic (exact) mass is 577 g/mol. The Bertz CT molecular complexity index is 1700. The van der Waals surface area contributed by atoms with Crippen molar-refractivity contribution in [3.63, 3.8) is 0 Å². The first-order valence-corrected chi connectivity index (χ1v) is 16.0. The van der Waals surface area contributed by atoms with Crippen LogP contribution in [0, 0.1) is 0 Å². The molecule has 5 heterocycles. The molecule has 0 spiro atoms. The molecular weight excluding hydrogens is 538 g/mol. The second kappa shape index (κ2) is 10.4. The van der Waals surface area contributed by atoms with Crippen molar-refractivity contribution in [1.82, 2.24) is 19.8 Å². The molecule has 43 heavy (non-hydrogen) atoms. The third-order valence-corrected chi connectivity index (χ3v) is 10.5. The Labute approximate surface area is 252 Å². The van der Waals surface area contributed by atoms with Gasteiger partial charge in [0.15, 0.2) is 0 Å². The Balaban J connectivity index is 1.20. The molecule has 4 fully saturated rings. The van der Waals surface area contributed by atoms with Gasteiger partial charge in [0, 0.05) is 37.0 Å². The number of piperazine rings is 1. The molecule has 8 nitrogen and oxygen atoms in total. The number of hydrogen-bond acceptors (Lipinski definition) is 7. The zero-order valence-electron chi connectivity index (χ0n) is 24.8. The van der Waals surface area contributed by atoms with E-state index in [0.29, 0.717) is 19.0 Å². The highest BCUT2D eigenvalue weighted by Gasteiger charge is 2.45. The van der Waals surface area contributed by atoms with Gasteiger partial charge in [-0.3, -0.25) is 9.69 Å². The Morgan fingerprint density at radius 3 is 2.51 bits per heavy atom. The van der Waals surface area contributed by atoms with Crippen LogP contribution in [0.2, 0.25) is 0 Å². The van der Waals surface area contributed by atoms with Crippen molar-refractivity contribution in [1.29, 1.82) is 0 Å². The van der Waals surface area contributed by atoms with Gasteiger partial charge >= 0.3 is 6.01 Å². The maximum absolute atomic E-state index is 12.8. The minimum absolute atomic E-state index is 0.103. The number of ether oxygens (including phenoxy) is 1. The van der Waals surface area contributed by atoms with Crippen molar-refractivity contribution < 1.29 is 14.6 Å². The molecule has 0 radical (unpaired) electrons. The average Bonchev–Trinajstić information content (AvgIpc) is 3.69. The molecule has 2 bridgehead atoms. The van der Waals surface area contributed by atoms with Gasteiger partial charge in [-0.15, -0.1) is 0 Å². The number of aromatic nitrogens is 2. The lowest BCUT2D eigenvalue weighted by Crippen LogP contribution is -2.56. The second-order valence-corrected chi connectivity index (χ2v) is 12.9. The Hall–Kier alpha value is -3.91. The molecule has 4 saturated heterocycles. The van der Waals surface area contributed by atoms with Crippen molar-refractivity contribution in [2.24, 2.45) is 0 Å². The number of aromatic hydroxyl groups is 1. The molecule has 8 rings (SSSR count). The summed E-state index contributed by atoms with van der Waals surface area (Å²) in [4.78, 5) is 29.9. The molecule has 1 amide bonds. The number of anilines is 1. The number of phenolic OH excluding ortho intramolecular Hbond substituents is 1. The molecular formula is C35H39N5O3. The molecule has 1 N–H and O–H groups in total. The highest BCUT2D eigenvalue weighted by atomic mass is 16.5. The fraction of sp³-hybridized carbons (Fsp3) is 0.457. The van der Waals surface area contributed by atoms with Crippen LogP contribution in [-0.2, 0) is 4.79 Å². The third kappa shape index (κ3) is 4.49. The Kier molecular flexibility index (Phi) is 6.44. The highest BCUT2D eigenvalue weighted by Crippen LogP contribution is 2.41. The van der Waals surface area contributed by atoms with E-state index in [1.165, 1.54) is 25.7 Å². The SMILES string of the molecule is CCC(=O)N1C2CCC1CN(c1nc(OCC34CCCN3CCC4)nc3cc(-c4cc(O)cc5ccccc45)ccc13)C2. The number of amides is 1. The smallest absolute Gasteiger partial charge is 0.319 e. The van der Waals surface area contributed by atoms with E-state index in [4.69, 9.17) is 14.7 Å². The average molecular weight is 578 g/mol. The van der Waals surface area contributed by atoms with Gasteiger partial charge in [-0.2, -0.15) is 9.97 Å². The molecule has 222 valence electrons. The molecule has 4 aliphatic rings. The van der Waals surface area contributed by atoms with Crippen LogP contribution < -0.4 is 9.64 Å². The topological polar surface area (TPSA) is 82.0 Å². The summed E-state index contributed by atoms with van der Waals surface area (Å²) in [6, 6.07) is 18.9. The summed E-state index contributed by atoms with van der Waals surface area (Å²) in [7, 11) is 0. The van der Waals surface area contributed by atoms with Gasteiger partial charge in [0.2, 0.25) is 5.91 Å². The summed E-state index contributed by atoms with van der Waals surface area (Å²) in [5.74, 6) is 1.39. The predicted molar refractivity (Wildman–Crippen MR) is 169 cm³/mol. The van der Waals surface area contributed by atoms with E-state index in [9.17, 15) is 9.90 Å². The molecule has 4 aliphatic heterocycles. The minimum atomic E-state index is 0.103. The van der Waals surface area contributed by atoms with E-state index >= 15 is 0 Å². The number of phenols is 1. The van der Waals surface area contributed by atoms with Crippen molar-refractivity contribution in [3.05, 3.63) is 54.6 Å². The van der Waals surface area contributed by atoms with Crippen molar-refractivity contribution in [2.75, 3.05) is 37.7 Å². The van der Waals surface area contributed by atoms with Crippen molar-refractivity contribution in [3.8, 4) is 22.9 Å². The number of fused-ring (bicyclic) bond motifs is 5. The van der Waals surface area contributed by atoms with Crippen LogP contribution in [0.4, 0.5) is 5.82 Å². The number of benzene rings is 3. The first-order chi connectivity index (χ1) is 21.0. The van der Waals surface area contributed by atoms with Crippen LogP contribution in [-0.4, -0.2) is 81.2 Å². The number of carbonyl (C=O) groups excluding carboxylic acids is 1. The molecule has 0 saturated carbocycles. The number of rotatable bonds is 6. The van der Waals surface area contributed by atoms with Gasteiger partial charge in [0.25, 0.3) is 0 Å². The van der Waals surface area contributed by atoms with Crippen LogP contribution in [0.1, 0.15) is 51.9 Å². The van der Waals surface area contributed by atoms with Gasteiger partial charge in [-0.05, 0) is 97.8 Å². The lowest BCUT2D eigenvalue weighted by molar-refractivity contribution is -0.134. The summed E-state index contributed by atoms with van der Waals surface area (Å²) in [6.07, 6.45) is 7.39. The molecule has 0 aliphatic carbocycles. The first kappa shape index (κ1) is 26.7. The Morgan fingerprint density at radius 2 is 1.74 bits per heavy atom. The summed E-state index contributed by atoms with van der Waals surface area (Å²) < 4.78 is 6.52. The van der Waals surface area contributed by atoms with Crippen molar-refractivity contribution >= 4 is 33.4 Å². The van der Waals surface area contributed by atoms with Crippen LogP contribution in [0.5, 0.6) is 11.8 Å². The van der Waals surface area contributed by atoms with Crippen LogP contribution in [0.25, 0.3) is 32.8 Å². The van der Waals surface area contributed by atoms with E-state index in [0.717, 1.165) is 77.6 Å². The summed E-state index contributed by atoms with van der Waals surface area (Å²) in [5.41, 5.74) is 2.89. The Morgan fingerprint density at radius 1 is 0.977 bits per heavy atom. The van der Waals surface area contributed by atoms with Crippen LogP contribution >= 0.6 is 0 Å². The van der Waals surface area contributed by atoms with Gasteiger partial charge < -0.3 is 19.6 Å². The molecule has 2 unspecified atom stereocenters. The molecule has 4 aromatic rings. The maximum atomic E-state index is 12.8. The predicted octanol–water partition coefficient (Wildman–Crippen LogP) is 5.75. The normalized spacial score (nSPS) is 22.9. The minimum Gasteiger partial charge on any atom is -0.508 e. The second-order valence-electron chi connectivity index (χ2n) is 12.9. The molecule has 3 aromatic carbocycles. The standard InChI is InChI=1S/C35H39N5O3/c1-2-32(42)40-25-10-11-26(40)21-38(20-25)33-29-12-9-24(30-19-27(41)17-23-7-3-4-8-28(23)30)18-31(29)36-34(37-33)43-22-35-13-5-15-39(35)16-6-14-35/h3-4,7-9,12,17-19,25-26,41H,2,5-6,10-11,13-16,20-22H2,1H3. The van der Waals surface area contributed by atoms with E-state index in [1.54, 1.807) is 6.07 Å². The van der Waals surface area contributed by atoms with Crippen LogP contribution in [0.15, 0.2) is 54.6 Å². The zero-order valence-corrected chi connectivity index (χ0v) is 24.8. The highest BCUT2D eigenvalue weighted by molar-refractivity contribution is 6.01. The van der Waals surface area contributed by atoms with Crippen molar-refractivity contribution in [2.45, 2.75) is 69.5 Å². The fourth-order valence-corrected chi connectivity index (χ4v) is 8.42. The third-order valence-electron chi connectivity index (χ3n) is 10.5. The van der Waals surface area contributed by atoms with Gasteiger partial charge in [-0.25, -0.2) is 0 Å². The number of hydrogen-bond donors (Lipinski definition) is 1. The molecule has 2 atom stereocenters. The lowest BCUT2D eigenvalue weighted by Gasteiger charge is -2.42. The zero-order chi connectivity index (χ0) is 29.1. The van der Waals surface area contributed by atoms with Gasteiger partial charge in [0.05, 0.1) is 11.1 Å². The van der Waals surface area contributed by atoms with E-state index < -0.39 is 0 Å². The maximum Gasteiger partial charge on any atom is 0.319 e. The van der Waals surface area contributed by atoms with E-state index in [-0.39, 0.29) is 29.3 Å². The van der Waals surface area contributed by atoms with E-state index in [2.05, 4.69) is 39.0 Å².